The van der Waals surface area contributed by atoms with E-state index in [1.807, 2.05) is 10.9 Å². The molecular weight excluding hydrogens is 328 g/mol. The van der Waals surface area contributed by atoms with Crippen molar-refractivity contribution in [1.82, 2.24) is 19.6 Å². The maximum atomic E-state index is 12.0. The van der Waals surface area contributed by atoms with E-state index in [9.17, 15) is 9.90 Å². The van der Waals surface area contributed by atoms with E-state index in [4.69, 9.17) is 0 Å². The Kier molecular flexibility index (Phi) is 6.70. The normalized spacial score (nSPS) is 22.0. The lowest BCUT2D eigenvalue weighted by Gasteiger charge is -2.29. The van der Waals surface area contributed by atoms with Crippen LogP contribution in [-0.4, -0.2) is 62.9 Å². The summed E-state index contributed by atoms with van der Waals surface area (Å²) in [6.07, 6.45) is 11.1. The van der Waals surface area contributed by atoms with Gasteiger partial charge in [-0.3, -0.25) is 19.3 Å². The number of aliphatic carboxylic acids is 1. The molecule has 1 saturated carbocycles. The number of carboxylic acid groups (broad SMARTS) is 1. The maximum absolute atomic E-state index is 12.0. The van der Waals surface area contributed by atoms with Gasteiger partial charge in [-0.25, -0.2) is 0 Å². The lowest BCUT2D eigenvalue weighted by Crippen LogP contribution is -2.39. The molecule has 146 valence electrons. The van der Waals surface area contributed by atoms with Crippen molar-refractivity contribution >= 4 is 5.97 Å². The third kappa shape index (κ3) is 4.86. The highest BCUT2D eigenvalue weighted by atomic mass is 16.4. The van der Waals surface area contributed by atoms with Gasteiger partial charge in [-0.05, 0) is 38.1 Å². The Morgan fingerprint density at radius 2 is 1.96 bits per heavy atom. The van der Waals surface area contributed by atoms with Crippen LogP contribution in [0.1, 0.15) is 64.0 Å². The molecule has 0 spiro atoms. The lowest BCUT2D eigenvalue weighted by molar-refractivity contribution is -0.143. The summed E-state index contributed by atoms with van der Waals surface area (Å²) in [6.45, 7) is 8.98. The highest BCUT2D eigenvalue weighted by Gasteiger charge is 2.32. The smallest absolute Gasteiger partial charge is 0.325 e. The van der Waals surface area contributed by atoms with E-state index in [0.717, 1.165) is 57.2 Å². The van der Waals surface area contributed by atoms with Crippen molar-refractivity contribution in [3.05, 3.63) is 18.0 Å². The summed E-state index contributed by atoms with van der Waals surface area (Å²) in [7, 11) is 0. The molecule has 1 aliphatic heterocycles. The summed E-state index contributed by atoms with van der Waals surface area (Å²) in [5, 5.41) is 14.3. The minimum absolute atomic E-state index is 0.577. The van der Waals surface area contributed by atoms with Crippen LogP contribution >= 0.6 is 0 Å². The van der Waals surface area contributed by atoms with Gasteiger partial charge in [0.2, 0.25) is 0 Å². The van der Waals surface area contributed by atoms with Crippen LogP contribution in [0.2, 0.25) is 0 Å². The van der Waals surface area contributed by atoms with Crippen molar-refractivity contribution < 1.29 is 9.90 Å². The minimum Gasteiger partial charge on any atom is -0.480 e. The van der Waals surface area contributed by atoms with Crippen LogP contribution in [0.3, 0.4) is 0 Å². The first-order valence-electron chi connectivity index (χ1n) is 10.3. The Balaban J connectivity index is 1.65. The molecule has 2 heterocycles. The summed E-state index contributed by atoms with van der Waals surface area (Å²) < 4.78 is 1.90. The molecule has 1 atom stereocenters. The van der Waals surface area contributed by atoms with E-state index in [0.29, 0.717) is 5.92 Å². The molecule has 26 heavy (non-hydrogen) atoms. The fourth-order valence-corrected chi connectivity index (χ4v) is 4.39. The highest BCUT2D eigenvalue weighted by molar-refractivity contribution is 5.75. The Hall–Kier alpha value is -1.40. The van der Waals surface area contributed by atoms with Gasteiger partial charge in [0, 0.05) is 44.0 Å². The van der Waals surface area contributed by atoms with E-state index in [-0.39, 0.29) is 0 Å². The zero-order valence-electron chi connectivity index (χ0n) is 16.3. The number of nitrogens with zero attached hydrogens (tertiary/aromatic N) is 4. The summed E-state index contributed by atoms with van der Waals surface area (Å²) >= 11 is 0. The third-order valence-electron chi connectivity index (χ3n) is 5.91. The molecule has 2 fully saturated rings. The summed E-state index contributed by atoms with van der Waals surface area (Å²) in [6, 6.07) is 0.142. The summed E-state index contributed by atoms with van der Waals surface area (Å²) in [5.74, 6) is -0.146. The van der Waals surface area contributed by atoms with Crippen LogP contribution < -0.4 is 0 Å². The molecule has 1 aromatic rings. The van der Waals surface area contributed by atoms with E-state index >= 15 is 0 Å². The second kappa shape index (κ2) is 9.00. The quantitative estimate of drug-likeness (QED) is 0.808. The van der Waals surface area contributed by atoms with E-state index < -0.39 is 12.0 Å². The molecule has 1 aliphatic carbocycles. The van der Waals surface area contributed by atoms with Crippen LogP contribution in [0.5, 0.6) is 0 Å². The van der Waals surface area contributed by atoms with Gasteiger partial charge in [0.25, 0.3) is 0 Å². The van der Waals surface area contributed by atoms with E-state index in [1.165, 1.54) is 25.7 Å². The SMILES string of the molecule is CC(C)CCn1cc([C@@H](C(=O)O)N2CCCN(C3CCCC3)CC2)cn1. The second-order valence-corrected chi connectivity index (χ2v) is 8.32. The molecule has 0 aromatic carbocycles. The predicted octanol–water partition coefficient (Wildman–Crippen LogP) is 3.01. The van der Waals surface area contributed by atoms with Crippen molar-refractivity contribution in [2.24, 2.45) is 5.92 Å². The molecule has 3 rings (SSSR count). The summed E-state index contributed by atoms with van der Waals surface area (Å²) in [4.78, 5) is 16.8. The highest BCUT2D eigenvalue weighted by Crippen LogP contribution is 2.27. The fraction of sp³-hybridized carbons (Fsp3) is 0.800. The fourth-order valence-electron chi connectivity index (χ4n) is 4.39. The van der Waals surface area contributed by atoms with Crippen LogP contribution in [0.25, 0.3) is 0 Å². The molecule has 6 nitrogen and oxygen atoms in total. The van der Waals surface area contributed by atoms with Crippen LogP contribution in [0.4, 0.5) is 0 Å². The van der Waals surface area contributed by atoms with E-state index in [2.05, 4.69) is 28.7 Å². The van der Waals surface area contributed by atoms with Crippen LogP contribution in [0.15, 0.2) is 12.4 Å². The van der Waals surface area contributed by atoms with Gasteiger partial charge in [-0.1, -0.05) is 26.7 Å². The van der Waals surface area contributed by atoms with Crippen molar-refractivity contribution in [3.8, 4) is 0 Å². The van der Waals surface area contributed by atoms with Crippen LogP contribution in [-0.2, 0) is 11.3 Å². The van der Waals surface area contributed by atoms with Gasteiger partial charge in [-0.15, -0.1) is 0 Å². The van der Waals surface area contributed by atoms with E-state index in [1.54, 1.807) is 6.20 Å². The van der Waals surface area contributed by atoms with Gasteiger partial charge in [0.15, 0.2) is 0 Å². The van der Waals surface area contributed by atoms with Gasteiger partial charge >= 0.3 is 5.97 Å². The molecule has 0 amide bonds. The first kappa shape index (κ1) is 19.4. The molecule has 2 aliphatic rings. The first-order valence-corrected chi connectivity index (χ1v) is 10.3. The molecule has 6 heteroatoms. The van der Waals surface area contributed by atoms with Crippen molar-refractivity contribution in [2.75, 3.05) is 26.2 Å². The second-order valence-electron chi connectivity index (χ2n) is 8.32. The third-order valence-corrected chi connectivity index (χ3v) is 5.91. The molecule has 0 unspecified atom stereocenters. The first-order chi connectivity index (χ1) is 12.5. The maximum Gasteiger partial charge on any atom is 0.325 e. The number of carboxylic acids is 1. The van der Waals surface area contributed by atoms with Crippen molar-refractivity contribution in [3.63, 3.8) is 0 Å². The van der Waals surface area contributed by atoms with Crippen molar-refractivity contribution in [1.29, 1.82) is 0 Å². The zero-order chi connectivity index (χ0) is 18.5. The molecular formula is C20H34N4O2. The summed E-state index contributed by atoms with van der Waals surface area (Å²) in [5.41, 5.74) is 0.815. The molecule has 0 bridgehead atoms. The monoisotopic (exact) mass is 362 g/mol. The number of aryl methyl sites for hydroxylation is 1. The Morgan fingerprint density at radius 3 is 2.65 bits per heavy atom. The van der Waals surface area contributed by atoms with Gasteiger partial charge in [0.05, 0.1) is 6.20 Å². The molecule has 1 saturated heterocycles. The average molecular weight is 363 g/mol. The molecule has 0 radical (unpaired) electrons. The lowest BCUT2D eigenvalue weighted by atomic mass is 10.1. The predicted molar refractivity (Wildman–Crippen MR) is 102 cm³/mol. The van der Waals surface area contributed by atoms with Gasteiger partial charge in [0.1, 0.15) is 6.04 Å². The number of hydrogen-bond donors (Lipinski definition) is 1. The zero-order valence-corrected chi connectivity index (χ0v) is 16.3. The Bertz CT molecular complexity index is 580. The largest absolute Gasteiger partial charge is 0.480 e. The Morgan fingerprint density at radius 1 is 1.19 bits per heavy atom. The number of carbonyl (C=O) groups is 1. The van der Waals surface area contributed by atoms with Gasteiger partial charge < -0.3 is 5.11 Å². The van der Waals surface area contributed by atoms with Crippen LogP contribution in [0, 0.1) is 5.92 Å². The topological polar surface area (TPSA) is 61.6 Å². The Labute approximate surface area is 157 Å². The van der Waals surface area contributed by atoms with Gasteiger partial charge in [-0.2, -0.15) is 5.10 Å². The standard InChI is InChI=1S/C20H34N4O2/c1-16(2)8-11-24-15-17(14-21-24)19(20(25)26)23-10-5-9-22(12-13-23)18-6-3-4-7-18/h14-16,18-19H,3-13H2,1-2H3,(H,25,26)/t19-/m0/s1. The minimum atomic E-state index is -0.761. The molecule has 1 aromatic heterocycles. The number of aromatic nitrogens is 2. The molecule has 1 N–H and O–H groups in total. The number of rotatable bonds is 7. The van der Waals surface area contributed by atoms with Crippen molar-refractivity contribution in [2.45, 2.75) is 71.0 Å². The number of hydrogen-bond acceptors (Lipinski definition) is 4. The average Bonchev–Trinajstić information content (AvgIpc) is 3.22.